The van der Waals surface area contributed by atoms with Crippen LogP contribution in [0.1, 0.15) is 33.1 Å². The summed E-state index contributed by atoms with van der Waals surface area (Å²) in [5.74, 6) is 0.983. The van der Waals surface area contributed by atoms with Crippen LogP contribution in [-0.4, -0.2) is 49.4 Å². The molecule has 2 rings (SSSR count). The van der Waals surface area contributed by atoms with Gasteiger partial charge in [-0.1, -0.05) is 6.92 Å². The fourth-order valence-corrected chi connectivity index (χ4v) is 2.81. The van der Waals surface area contributed by atoms with Crippen LogP contribution in [0.4, 0.5) is 0 Å². The first-order chi connectivity index (χ1) is 8.68. The zero-order valence-corrected chi connectivity index (χ0v) is 11.7. The van der Waals surface area contributed by atoms with Gasteiger partial charge in [-0.25, -0.2) is 0 Å². The molecule has 4 heteroatoms. The van der Waals surface area contributed by atoms with Crippen molar-refractivity contribution in [2.24, 2.45) is 5.73 Å². The van der Waals surface area contributed by atoms with Crippen molar-refractivity contribution in [1.29, 1.82) is 0 Å². The third-order valence-corrected chi connectivity index (χ3v) is 4.39. The summed E-state index contributed by atoms with van der Waals surface area (Å²) in [5.41, 5.74) is 6.46. The Hall–Kier alpha value is -0.580. The fraction of sp³-hybridized carbons (Fsp3) is 0.857. The van der Waals surface area contributed by atoms with Crippen LogP contribution in [0.2, 0.25) is 0 Å². The first-order valence-electron chi connectivity index (χ1n) is 7.09. The molecule has 18 heavy (non-hydrogen) atoms. The number of allylic oxidation sites excluding steroid dienone is 1. The highest BCUT2D eigenvalue weighted by Gasteiger charge is 2.39. The van der Waals surface area contributed by atoms with Gasteiger partial charge in [-0.15, -0.1) is 0 Å². The second-order valence-electron chi connectivity index (χ2n) is 5.39. The maximum atomic E-state index is 6.49. The van der Waals surface area contributed by atoms with Crippen molar-refractivity contribution in [2.75, 3.05) is 32.9 Å². The molecule has 0 bridgehead atoms. The van der Waals surface area contributed by atoms with Gasteiger partial charge in [0.1, 0.15) is 5.76 Å². The Labute approximate surface area is 110 Å². The van der Waals surface area contributed by atoms with Gasteiger partial charge in [0.05, 0.1) is 25.9 Å². The molecule has 1 saturated heterocycles. The van der Waals surface area contributed by atoms with E-state index in [1.165, 1.54) is 0 Å². The smallest absolute Gasteiger partial charge is 0.111 e. The number of rotatable bonds is 4. The molecule has 2 aliphatic rings. The highest BCUT2D eigenvalue weighted by molar-refractivity contribution is 5.14. The molecule has 0 aromatic rings. The number of nitrogens with two attached hydrogens (primary N) is 1. The van der Waals surface area contributed by atoms with Gasteiger partial charge in [0.15, 0.2) is 0 Å². The highest BCUT2D eigenvalue weighted by Crippen LogP contribution is 2.29. The Bertz CT molecular complexity index is 300. The summed E-state index contributed by atoms with van der Waals surface area (Å²) in [7, 11) is 0. The summed E-state index contributed by atoms with van der Waals surface area (Å²) >= 11 is 0. The second-order valence-corrected chi connectivity index (χ2v) is 5.39. The molecule has 0 aliphatic carbocycles. The third-order valence-electron chi connectivity index (χ3n) is 4.39. The minimum atomic E-state index is -0.0408. The van der Waals surface area contributed by atoms with Crippen molar-refractivity contribution < 1.29 is 9.47 Å². The van der Waals surface area contributed by atoms with Gasteiger partial charge in [-0.3, -0.25) is 4.90 Å². The molecule has 0 aromatic carbocycles. The van der Waals surface area contributed by atoms with E-state index >= 15 is 0 Å². The molecule has 0 radical (unpaired) electrons. The molecule has 0 saturated carbocycles. The Kier molecular flexibility index (Phi) is 4.65. The summed E-state index contributed by atoms with van der Waals surface area (Å²) in [6.45, 7) is 8.81. The van der Waals surface area contributed by atoms with E-state index < -0.39 is 0 Å². The van der Waals surface area contributed by atoms with Crippen LogP contribution in [0.25, 0.3) is 0 Å². The zero-order chi connectivity index (χ0) is 13.0. The molecule has 2 N–H and O–H groups in total. The first kappa shape index (κ1) is 13.8. The average Bonchev–Trinajstić information content (AvgIpc) is 2.47. The molecule has 2 aliphatic heterocycles. The van der Waals surface area contributed by atoms with Crippen LogP contribution < -0.4 is 5.73 Å². The van der Waals surface area contributed by atoms with Gasteiger partial charge >= 0.3 is 0 Å². The monoisotopic (exact) mass is 254 g/mol. The van der Waals surface area contributed by atoms with Gasteiger partial charge in [0.25, 0.3) is 0 Å². The van der Waals surface area contributed by atoms with Crippen LogP contribution >= 0.6 is 0 Å². The summed E-state index contributed by atoms with van der Waals surface area (Å²) in [5, 5.41) is 0. The maximum absolute atomic E-state index is 6.49. The van der Waals surface area contributed by atoms with E-state index in [9.17, 15) is 0 Å². The number of ether oxygens (including phenoxy) is 2. The van der Waals surface area contributed by atoms with Crippen molar-refractivity contribution in [3.8, 4) is 0 Å². The van der Waals surface area contributed by atoms with Gasteiger partial charge in [-0.2, -0.15) is 0 Å². The normalized spacial score (nSPS) is 26.9. The summed E-state index contributed by atoms with van der Waals surface area (Å²) in [6, 6.07) is -0.0408. The van der Waals surface area contributed by atoms with E-state index in [2.05, 4.69) is 24.8 Å². The predicted octanol–water partition coefficient (Wildman–Crippen LogP) is 1.51. The van der Waals surface area contributed by atoms with Crippen molar-refractivity contribution in [1.82, 2.24) is 4.90 Å². The van der Waals surface area contributed by atoms with Gasteiger partial charge in [0.2, 0.25) is 0 Å². The first-order valence-corrected chi connectivity index (χ1v) is 7.09. The van der Waals surface area contributed by atoms with E-state index in [4.69, 9.17) is 15.2 Å². The third kappa shape index (κ3) is 2.71. The lowest BCUT2D eigenvalue weighted by Crippen LogP contribution is -2.61. The largest absolute Gasteiger partial charge is 0.497 e. The molecule has 0 spiro atoms. The van der Waals surface area contributed by atoms with E-state index in [1.807, 2.05) is 0 Å². The van der Waals surface area contributed by atoms with Crippen LogP contribution in [0.5, 0.6) is 0 Å². The van der Waals surface area contributed by atoms with Gasteiger partial charge in [0, 0.05) is 18.6 Å². The topological polar surface area (TPSA) is 47.7 Å². The van der Waals surface area contributed by atoms with Crippen molar-refractivity contribution in [3.05, 3.63) is 11.8 Å². The van der Waals surface area contributed by atoms with Crippen LogP contribution in [0, 0.1) is 0 Å². The molecule has 0 aromatic heterocycles. The van der Waals surface area contributed by atoms with E-state index in [1.54, 1.807) is 0 Å². The minimum Gasteiger partial charge on any atom is -0.497 e. The number of hydrogen-bond donors (Lipinski definition) is 1. The maximum Gasteiger partial charge on any atom is 0.111 e. The van der Waals surface area contributed by atoms with Crippen molar-refractivity contribution >= 4 is 0 Å². The Morgan fingerprint density at radius 3 is 2.67 bits per heavy atom. The van der Waals surface area contributed by atoms with E-state index in [0.29, 0.717) is 0 Å². The fourth-order valence-electron chi connectivity index (χ4n) is 2.81. The Morgan fingerprint density at radius 2 is 2.11 bits per heavy atom. The van der Waals surface area contributed by atoms with Crippen LogP contribution in [-0.2, 0) is 9.47 Å². The minimum absolute atomic E-state index is 0.0348. The average molecular weight is 254 g/mol. The zero-order valence-electron chi connectivity index (χ0n) is 11.7. The van der Waals surface area contributed by atoms with E-state index in [0.717, 1.165) is 57.9 Å². The molecule has 104 valence electrons. The summed E-state index contributed by atoms with van der Waals surface area (Å²) in [6.07, 6.45) is 5.39. The quantitative estimate of drug-likeness (QED) is 0.826. The molecule has 2 heterocycles. The van der Waals surface area contributed by atoms with Crippen LogP contribution in [0.3, 0.4) is 0 Å². The molecule has 2 unspecified atom stereocenters. The van der Waals surface area contributed by atoms with Crippen molar-refractivity contribution in [2.45, 2.75) is 44.7 Å². The predicted molar refractivity (Wildman–Crippen MR) is 72.3 cm³/mol. The number of nitrogens with zero attached hydrogens (tertiary/aromatic N) is 1. The molecule has 0 amide bonds. The van der Waals surface area contributed by atoms with Crippen molar-refractivity contribution in [3.63, 3.8) is 0 Å². The van der Waals surface area contributed by atoms with Gasteiger partial charge < -0.3 is 15.2 Å². The number of morpholine rings is 1. The molecular weight excluding hydrogens is 228 g/mol. The summed E-state index contributed by atoms with van der Waals surface area (Å²) in [4.78, 5) is 2.46. The Balaban J connectivity index is 2.11. The molecule has 4 nitrogen and oxygen atoms in total. The lowest BCUT2D eigenvalue weighted by Gasteiger charge is -2.47. The standard InChI is InChI=1S/C14H26N2O2/c1-3-14(2,16-7-10-17-11-8-16)13(15)12-6-4-5-9-18-12/h6,13H,3-5,7-11,15H2,1-2H3. The lowest BCUT2D eigenvalue weighted by molar-refractivity contribution is -0.0303. The Morgan fingerprint density at radius 1 is 1.39 bits per heavy atom. The van der Waals surface area contributed by atoms with Gasteiger partial charge in [-0.05, 0) is 32.3 Å². The number of hydrogen-bond acceptors (Lipinski definition) is 4. The highest BCUT2D eigenvalue weighted by atomic mass is 16.5. The summed E-state index contributed by atoms with van der Waals surface area (Å²) < 4.78 is 11.2. The molecule has 2 atom stereocenters. The second kappa shape index (κ2) is 6.04. The SMILES string of the molecule is CCC(C)(C(N)C1=CCCCO1)N1CCOCC1. The molecule has 1 fully saturated rings. The molecular formula is C14H26N2O2. The van der Waals surface area contributed by atoms with Crippen LogP contribution in [0.15, 0.2) is 11.8 Å². The lowest BCUT2D eigenvalue weighted by atomic mass is 9.85. The van der Waals surface area contributed by atoms with E-state index in [-0.39, 0.29) is 11.6 Å².